The summed E-state index contributed by atoms with van der Waals surface area (Å²) in [5.41, 5.74) is 7.07. The van der Waals surface area contributed by atoms with Gasteiger partial charge in [0, 0.05) is 28.9 Å². The fourth-order valence-electron chi connectivity index (χ4n) is 1.54. The molecule has 0 fully saturated rings. The maximum atomic E-state index is 12.9. The molecule has 18 heavy (non-hydrogen) atoms. The summed E-state index contributed by atoms with van der Waals surface area (Å²) in [7, 11) is 0. The van der Waals surface area contributed by atoms with Crippen molar-refractivity contribution >= 4 is 11.6 Å². The van der Waals surface area contributed by atoms with E-state index in [-0.39, 0.29) is 12.4 Å². The standard InChI is InChI=1S/C13H12ClFN2O/c14-11-1-2-13(10(4-11)5-16)18-8-9-3-12(15)7-17-6-9/h1-4,6-7H,5,8,16H2. The summed E-state index contributed by atoms with van der Waals surface area (Å²) in [5, 5.41) is 0.607. The summed E-state index contributed by atoms with van der Waals surface area (Å²) in [5.74, 6) is 0.261. The Bertz CT molecular complexity index is 548. The van der Waals surface area contributed by atoms with Crippen molar-refractivity contribution < 1.29 is 9.13 Å². The Morgan fingerprint density at radius 2 is 2.11 bits per heavy atom. The number of nitrogens with zero attached hydrogens (tertiary/aromatic N) is 1. The molecule has 94 valence electrons. The first-order chi connectivity index (χ1) is 8.69. The summed E-state index contributed by atoms with van der Waals surface area (Å²) in [6.07, 6.45) is 2.71. The highest BCUT2D eigenvalue weighted by Gasteiger charge is 2.04. The van der Waals surface area contributed by atoms with Gasteiger partial charge in [0.2, 0.25) is 0 Å². The molecule has 0 aliphatic rings. The second kappa shape index (κ2) is 5.80. The molecule has 0 spiro atoms. The van der Waals surface area contributed by atoms with Crippen molar-refractivity contribution in [1.29, 1.82) is 0 Å². The molecule has 0 unspecified atom stereocenters. The smallest absolute Gasteiger partial charge is 0.141 e. The molecule has 0 atom stereocenters. The highest BCUT2D eigenvalue weighted by Crippen LogP contribution is 2.23. The van der Waals surface area contributed by atoms with Gasteiger partial charge < -0.3 is 10.5 Å². The van der Waals surface area contributed by atoms with Gasteiger partial charge in [0.25, 0.3) is 0 Å². The van der Waals surface area contributed by atoms with Gasteiger partial charge in [-0.3, -0.25) is 4.98 Å². The monoisotopic (exact) mass is 266 g/mol. The molecular weight excluding hydrogens is 255 g/mol. The van der Waals surface area contributed by atoms with Crippen molar-refractivity contribution in [3.05, 3.63) is 58.6 Å². The van der Waals surface area contributed by atoms with Crippen molar-refractivity contribution in [1.82, 2.24) is 4.98 Å². The predicted molar refractivity (Wildman–Crippen MR) is 67.9 cm³/mol. The molecule has 1 heterocycles. The molecule has 1 aromatic heterocycles. The molecule has 0 saturated carbocycles. The summed E-state index contributed by atoms with van der Waals surface area (Å²) >= 11 is 5.86. The molecule has 1 aromatic carbocycles. The van der Waals surface area contributed by atoms with Crippen LogP contribution in [0, 0.1) is 5.82 Å². The van der Waals surface area contributed by atoms with Gasteiger partial charge in [-0.25, -0.2) is 4.39 Å². The van der Waals surface area contributed by atoms with E-state index in [0.717, 1.165) is 11.8 Å². The number of hydrogen-bond donors (Lipinski definition) is 1. The summed E-state index contributed by atoms with van der Waals surface area (Å²) in [6, 6.07) is 6.60. The quantitative estimate of drug-likeness (QED) is 0.926. The van der Waals surface area contributed by atoms with Crippen LogP contribution in [0.15, 0.2) is 36.7 Å². The van der Waals surface area contributed by atoms with E-state index < -0.39 is 0 Å². The van der Waals surface area contributed by atoms with Gasteiger partial charge in [-0.15, -0.1) is 0 Å². The van der Waals surface area contributed by atoms with Gasteiger partial charge in [-0.2, -0.15) is 0 Å². The van der Waals surface area contributed by atoms with E-state index in [2.05, 4.69) is 4.98 Å². The molecule has 0 bridgehead atoms. The number of halogens is 2. The molecule has 5 heteroatoms. The number of pyridine rings is 1. The lowest BCUT2D eigenvalue weighted by Crippen LogP contribution is -2.03. The van der Waals surface area contributed by atoms with Gasteiger partial charge in [-0.1, -0.05) is 11.6 Å². The SMILES string of the molecule is NCc1cc(Cl)ccc1OCc1cncc(F)c1. The van der Waals surface area contributed by atoms with Gasteiger partial charge >= 0.3 is 0 Å². The number of aromatic nitrogens is 1. The first-order valence-electron chi connectivity index (χ1n) is 5.40. The molecule has 0 saturated heterocycles. The Hall–Kier alpha value is -1.65. The van der Waals surface area contributed by atoms with E-state index in [1.165, 1.54) is 6.07 Å². The number of benzene rings is 1. The van der Waals surface area contributed by atoms with Crippen molar-refractivity contribution in [2.75, 3.05) is 0 Å². The van der Waals surface area contributed by atoms with Crippen molar-refractivity contribution in [3.63, 3.8) is 0 Å². The van der Waals surface area contributed by atoms with E-state index in [1.54, 1.807) is 24.4 Å². The van der Waals surface area contributed by atoms with Crippen LogP contribution < -0.4 is 10.5 Å². The van der Waals surface area contributed by atoms with Crippen molar-refractivity contribution in [2.45, 2.75) is 13.2 Å². The van der Waals surface area contributed by atoms with Crippen LogP contribution in [0.25, 0.3) is 0 Å². The van der Waals surface area contributed by atoms with Gasteiger partial charge in [-0.05, 0) is 24.3 Å². The fourth-order valence-corrected chi connectivity index (χ4v) is 1.74. The number of hydrogen-bond acceptors (Lipinski definition) is 3. The average Bonchev–Trinajstić information content (AvgIpc) is 2.37. The van der Waals surface area contributed by atoms with Crippen LogP contribution in [0.1, 0.15) is 11.1 Å². The molecule has 0 amide bonds. The molecule has 3 nitrogen and oxygen atoms in total. The summed E-state index contributed by atoms with van der Waals surface area (Å²) in [4.78, 5) is 3.75. The molecule has 0 aliphatic carbocycles. The topological polar surface area (TPSA) is 48.1 Å². The minimum absolute atomic E-state index is 0.236. The zero-order valence-corrected chi connectivity index (χ0v) is 10.3. The lowest BCUT2D eigenvalue weighted by atomic mass is 10.2. The van der Waals surface area contributed by atoms with E-state index in [1.807, 2.05) is 0 Å². The third kappa shape index (κ3) is 3.18. The Morgan fingerprint density at radius 3 is 2.83 bits per heavy atom. The first kappa shape index (κ1) is 12.8. The Balaban J connectivity index is 2.10. The van der Waals surface area contributed by atoms with Crippen LogP contribution in [0.2, 0.25) is 5.02 Å². The van der Waals surface area contributed by atoms with Crippen LogP contribution in [0.5, 0.6) is 5.75 Å². The first-order valence-corrected chi connectivity index (χ1v) is 5.77. The number of ether oxygens (including phenoxy) is 1. The van der Waals surface area contributed by atoms with Gasteiger partial charge in [0.05, 0.1) is 6.20 Å². The highest BCUT2D eigenvalue weighted by atomic mass is 35.5. The zero-order valence-electron chi connectivity index (χ0n) is 9.57. The Morgan fingerprint density at radius 1 is 1.28 bits per heavy atom. The van der Waals surface area contributed by atoms with E-state index in [9.17, 15) is 4.39 Å². The average molecular weight is 267 g/mol. The largest absolute Gasteiger partial charge is 0.489 e. The minimum Gasteiger partial charge on any atom is -0.489 e. The third-order valence-electron chi connectivity index (χ3n) is 2.40. The lowest BCUT2D eigenvalue weighted by Gasteiger charge is -2.10. The van der Waals surface area contributed by atoms with Crippen LogP contribution in [0.4, 0.5) is 4.39 Å². The van der Waals surface area contributed by atoms with Crippen LogP contribution in [0.3, 0.4) is 0 Å². The number of nitrogens with two attached hydrogens (primary N) is 1. The number of rotatable bonds is 4. The predicted octanol–water partition coefficient (Wildman–Crippen LogP) is 2.91. The fraction of sp³-hybridized carbons (Fsp3) is 0.154. The van der Waals surface area contributed by atoms with E-state index >= 15 is 0 Å². The highest BCUT2D eigenvalue weighted by molar-refractivity contribution is 6.30. The van der Waals surface area contributed by atoms with E-state index in [4.69, 9.17) is 22.1 Å². The Labute approximate surface area is 109 Å². The van der Waals surface area contributed by atoms with Gasteiger partial charge in [0.15, 0.2) is 0 Å². The maximum Gasteiger partial charge on any atom is 0.141 e. The molecule has 2 rings (SSSR count). The van der Waals surface area contributed by atoms with Crippen molar-refractivity contribution in [2.24, 2.45) is 5.73 Å². The molecular formula is C13H12ClFN2O. The van der Waals surface area contributed by atoms with Crippen LogP contribution in [-0.4, -0.2) is 4.98 Å². The zero-order chi connectivity index (χ0) is 13.0. The van der Waals surface area contributed by atoms with Gasteiger partial charge in [0.1, 0.15) is 18.2 Å². The van der Waals surface area contributed by atoms with Crippen LogP contribution >= 0.6 is 11.6 Å². The van der Waals surface area contributed by atoms with E-state index in [0.29, 0.717) is 22.9 Å². The normalized spacial score (nSPS) is 10.4. The second-order valence-electron chi connectivity index (χ2n) is 3.76. The molecule has 0 aliphatic heterocycles. The lowest BCUT2D eigenvalue weighted by molar-refractivity contribution is 0.302. The molecule has 2 aromatic rings. The Kier molecular flexibility index (Phi) is 4.12. The third-order valence-corrected chi connectivity index (χ3v) is 2.63. The molecule has 0 radical (unpaired) electrons. The summed E-state index contributed by atoms with van der Waals surface area (Å²) < 4.78 is 18.5. The molecule has 2 N–H and O–H groups in total. The summed E-state index contributed by atoms with van der Waals surface area (Å²) in [6.45, 7) is 0.566. The van der Waals surface area contributed by atoms with Crippen LogP contribution in [-0.2, 0) is 13.2 Å². The second-order valence-corrected chi connectivity index (χ2v) is 4.19. The minimum atomic E-state index is -0.383. The van der Waals surface area contributed by atoms with Crippen molar-refractivity contribution in [3.8, 4) is 5.75 Å². The maximum absolute atomic E-state index is 12.9.